The zero-order valence-corrected chi connectivity index (χ0v) is 24.6. The highest BCUT2D eigenvalue weighted by Gasteiger charge is 2.43. The average Bonchev–Trinajstić information content (AvgIpc) is 3.61. The number of sulfone groups is 1. The van der Waals surface area contributed by atoms with E-state index in [2.05, 4.69) is 34.5 Å². The first-order valence-electron chi connectivity index (χ1n) is 10.5. The van der Waals surface area contributed by atoms with Crippen LogP contribution in [-0.2, 0) is 16.9 Å². The van der Waals surface area contributed by atoms with Crippen molar-refractivity contribution in [2.75, 3.05) is 0 Å². The lowest BCUT2D eigenvalue weighted by Gasteiger charge is -1.96. The number of thiophene rings is 8. The van der Waals surface area contributed by atoms with Crippen LogP contribution >= 0.6 is 90.7 Å². The van der Waals surface area contributed by atoms with Gasteiger partial charge in [0.2, 0.25) is 9.84 Å². The van der Waals surface area contributed by atoms with Crippen LogP contribution in [-0.4, -0.2) is 13.0 Å². The molecule has 3 nitrogen and oxygen atoms in total. The van der Waals surface area contributed by atoms with Gasteiger partial charge in [-0.25, -0.2) is 8.42 Å². The lowest BCUT2D eigenvalue weighted by atomic mass is 10.3. The van der Waals surface area contributed by atoms with Crippen molar-refractivity contribution in [3.8, 4) is 9.75 Å². The molecule has 1 aliphatic heterocycles. The van der Waals surface area contributed by atoms with Crippen LogP contribution in [0.1, 0.15) is 0 Å². The summed E-state index contributed by atoms with van der Waals surface area (Å²) in [6.07, 6.45) is 0. The fourth-order valence-electron chi connectivity index (χ4n) is 5.42. The maximum absolute atomic E-state index is 14.0. The Kier molecular flexibility index (Phi) is 3.40. The van der Waals surface area contributed by atoms with Crippen LogP contribution < -0.4 is 0 Å². The van der Waals surface area contributed by atoms with Crippen molar-refractivity contribution in [1.29, 1.82) is 0 Å². The summed E-state index contributed by atoms with van der Waals surface area (Å²) in [5.74, 6) is 0. The third kappa shape index (κ3) is 2.04. The summed E-state index contributed by atoms with van der Waals surface area (Å²) in [7, 11) is -1.39. The highest BCUT2D eigenvalue weighted by Crippen LogP contribution is 2.62. The molecule has 12 heteroatoms. The predicted octanol–water partition coefficient (Wildman–Crippen LogP) is 10.4. The van der Waals surface area contributed by atoms with Crippen molar-refractivity contribution in [3.05, 3.63) is 22.9 Å². The Morgan fingerprint density at radius 2 is 1.03 bits per heavy atom. The van der Waals surface area contributed by atoms with E-state index in [9.17, 15) is 8.42 Å². The Morgan fingerprint density at radius 1 is 0.571 bits per heavy atom. The Morgan fingerprint density at radius 3 is 1.69 bits per heavy atom. The zero-order chi connectivity index (χ0) is 23.0. The molecule has 0 amide bonds. The third-order valence-corrected chi connectivity index (χ3v) is 19.5. The molecule has 10 heterocycles. The molecule has 0 fully saturated rings. The van der Waals surface area contributed by atoms with E-state index < -0.39 is 9.84 Å². The first-order chi connectivity index (χ1) is 17.0. The minimum Gasteiger partial charge on any atom is -0.340 e. The molecule has 0 radical (unpaired) electrons. The second-order valence-corrected chi connectivity index (χ2v) is 18.4. The number of aryl methyl sites for hydroxylation is 1. The number of hydrogen-bond donors (Lipinski definition) is 0. The van der Waals surface area contributed by atoms with Gasteiger partial charge < -0.3 is 4.57 Å². The molecule has 0 atom stereocenters. The van der Waals surface area contributed by atoms with E-state index in [1.807, 2.05) is 34.0 Å². The Bertz CT molecular complexity index is 2520. The van der Waals surface area contributed by atoms with Crippen LogP contribution in [0.15, 0.2) is 32.7 Å². The first-order valence-corrected chi connectivity index (χ1v) is 18.6. The van der Waals surface area contributed by atoms with Gasteiger partial charge in [0.1, 0.15) is 9.79 Å². The minimum absolute atomic E-state index is 0.561. The molecule has 0 bridgehead atoms. The molecule has 0 saturated carbocycles. The van der Waals surface area contributed by atoms with Crippen LogP contribution in [0.4, 0.5) is 0 Å². The van der Waals surface area contributed by atoms with Crippen LogP contribution in [0.25, 0.3) is 77.2 Å². The van der Waals surface area contributed by atoms with Gasteiger partial charge in [0.25, 0.3) is 0 Å². The molecular formula is C23H7NO2S9. The highest BCUT2D eigenvalue weighted by molar-refractivity contribution is 7.93. The Labute approximate surface area is 228 Å². The lowest BCUT2D eigenvalue weighted by Crippen LogP contribution is -1.94. The summed E-state index contributed by atoms with van der Waals surface area (Å²) < 4.78 is 44.9. The molecule has 0 N–H and O–H groups in total. The summed E-state index contributed by atoms with van der Waals surface area (Å²) in [5.41, 5.74) is 2.50. The van der Waals surface area contributed by atoms with Crippen molar-refractivity contribution >= 4 is 168 Å². The topological polar surface area (TPSA) is 39.1 Å². The Balaban J connectivity index is 1.35. The van der Waals surface area contributed by atoms with Crippen LogP contribution in [0, 0.1) is 0 Å². The number of fused-ring (bicyclic) bond motifs is 17. The van der Waals surface area contributed by atoms with Crippen LogP contribution in [0.2, 0.25) is 0 Å². The molecule has 35 heavy (non-hydrogen) atoms. The van der Waals surface area contributed by atoms with Gasteiger partial charge in [-0.15, -0.1) is 90.7 Å². The number of aromatic nitrogens is 1. The van der Waals surface area contributed by atoms with Crippen molar-refractivity contribution in [2.45, 2.75) is 9.79 Å². The smallest absolute Gasteiger partial charge is 0.212 e. The van der Waals surface area contributed by atoms with E-state index in [1.54, 1.807) is 56.7 Å². The van der Waals surface area contributed by atoms with Crippen molar-refractivity contribution < 1.29 is 8.42 Å². The minimum atomic E-state index is -3.54. The molecule has 9 aromatic rings. The highest BCUT2D eigenvalue weighted by atomic mass is 32.2. The van der Waals surface area contributed by atoms with Crippen LogP contribution in [0.3, 0.4) is 0 Å². The molecule has 9 aromatic heterocycles. The molecule has 0 aromatic carbocycles. The van der Waals surface area contributed by atoms with Gasteiger partial charge in [0.15, 0.2) is 0 Å². The summed E-state index contributed by atoms with van der Waals surface area (Å²) in [6.45, 7) is 0. The van der Waals surface area contributed by atoms with Gasteiger partial charge in [0.05, 0.1) is 67.8 Å². The van der Waals surface area contributed by atoms with Crippen molar-refractivity contribution in [1.82, 2.24) is 4.57 Å². The van der Waals surface area contributed by atoms with Gasteiger partial charge in [-0.1, -0.05) is 0 Å². The lowest BCUT2D eigenvalue weighted by molar-refractivity contribution is 0.600. The molecule has 0 spiro atoms. The SMILES string of the molecule is Cn1c2c3sc4c(c3sc2c2sc3c5sccc5sc3c21)S(=O)(=O)c1c-4sc2c1sc1ccsc12. The monoisotopic (exact) mass is 617 g/mol. The fraction of sp³-hybridized carbons (Fsp3) is 0.0435. The molecule has 0 saturated heterocycles. The third-order valence-electron chi connectivity index (χ3n) is 6.84. The predicted molar refractivity (Wildman–Crippen MR) is 162 cm³/mol. The maximum Gasteiger partial charge on any atom is 0.212 e. The number of nitrogens with zero attached hydrogens (tertiary/aromatic N) is 1. The van der Waals surface area contributed by atoms with E-state index in [4.69, 9.17) is 0 Å². The van der Waals surface area contributed by atoms with Gasteiger partial charge in [-0.05, 0) is 22.9 Å². The van der Waals surface area contributed by atoms with Gasteiger partial charge in [-0.2, -0.15) is 0 Å². The molecule has 1 aliphatic rings. The Hall–Kier alpha value is -1.35. The molecule has 170 valence electrons. The number of hydrogen-bond acceptors (Lipinski definition) is 10. The van der Waals surface area contributed by atoms with Crippen molar-refractivity contribution in [3.63, 3.8) is 0 Å². The van der Waals surface area contributed by atoms with E-state index in [0.717, 1.165) is 28.6 Å². The zero-order valence-electron chi connectivity index (χ0n) is 17.2. The maximum atomic E-state index is 14.0. The summed E-state index contributed by atoms with van der Waals surface area (Å²) in [4.78, 5) is 3.03. The van der Waals surface area contributed by atoms with Gasteiger partial charge in [-0.3, -0.25) is 0 Å². The standard InChI is InChI=1S/C23H7NO2S9/c1-24-8-12(31-16-10-6(2-4-27-10)29-14(8)16)13-9(24)15-18(32-13)22-20(33-15)21-23(35(22,25)26)19-17(34-21)11-7(30-19)3-5-28-11/h2-5H,1H3. The number of rotatable bonds is 0. The van der Waals surface area contributed by atoms with Gasteiger partial charge in [0, 0.05) is 16.4 Å². The van der Waals surface area contributed by atoms with E-state index in [1.165, 1.54) is 48.6 Å². The average molecular weight is 618 g/mol. The second-order valence-electron chi connectivity index (χ2n) is 8.55. The first kappa shape index (κ1) is 19.7. The summed E-state index contributed by atoms with van der Waals surface area (Å²) in [6, 6.07) is 4.32. The molecule has 10 rings (SSSR count). The van der Waals surface area contributed by atoms with Gasteiger partial charge >= 0.3 is 0 Å². The van der Waals surface area contributed by atoms with E-state index in [-0.39, 0.29) is 0 Å². The molecule has 0 unspecified atom stereocenters. The van der Waals surface area contributed by atoms with E-state index in [0.29, 0.717) is 9.79 Å². The summed E-state index contributed by atoms with van der Waals surface area (Å²) in [5, 5.41) is 4.27. The largest absolute Gasteiger partial charge is 0.340 e. The normalized spacial score (nSPS) is 15.5. The fourth-order valence-corrected chi connectivity index (χ4v) is 19.9. The molecule has 0 aliphatic carbocycles. The van der Waals surface area contributed by atoms with Crippen LogP contribution in [0.5, 0.6) is 0 Å². The van der Waals surface area contributed by atoms with E-state index >= 15 is 0 Å². The van der Waals surface area contributed by atoms with Crippen molar-refractivity contribution in [2.24, 2.45) is 7.05 Å². The quantitative estimate of drug-likeness (QED) is 0.170. The summed E-state index contributed by atoms with van der Waals surface area (Å²) >= 11 is 13.9. The second kappa shape index (κ2) is 6.03. The molecular weight excluding hydrogens is 611 g/mol.